The number of likely N-dealkylation sites (N-methyl/N-ethyl adjacent to an activating group) is 1. The molecule has 0 bridgehead atoms. The van der Waals surface area contributed by atoms with E-state index < -0.39 is 0 Å². The number of carbonyl (C=O) groups is 2. The summed E-state index contributed by atoms with van der Waals surface area (Å²) in [5, 5.41) is 8.56. The zero-order valence-corrected chi connectivity index (χ0v) is 18.3. The highest BCUT2D eigenvalue weighted by Gasteiger charge is 2.25. The van der Waals surface area contributed by atoms with Gasteiger partial charge in [0.05, 0.1) is 6.54 Å². The Morgan fingerprint density at radius 3 is 2.50 bits per heavy atom. The lowest BCUT2D eigenvalue weighted by Crippen LogP contribution is -2.45. The van der Waals surface area contributed by atoms with Crippen LogP contribution in [0.1, 0.15) is 24.0 Å². The number of amides is 2. The molecule has 0 atom stereocenters. The summed E-state index contributed by atoms with van der Waals surface area (Å²) in [6, 6.07) is 14.0. The molecule has 32 heavy (non-hydrogen) atoms. The molecule has 1 fully saturated rings. The highest BCUT2D eigenvalue weighted by atomic mass is 19.1. The summed E-state index contributed by atoms with van der Waals surface area (Å²) in [6.07, 6.45) is 0.538. The van der Waals surface area contributed by atoms with E-state index in [2.05, 4.69) is 33.3 Å². The monoisotopic (exact) mass is 437 g/mol. The minimum absolute atomic E-state index is 0.147. The smallest absolute Gasteiger partial charge is 0.267 e. The van der Waals surface area contributed by atoms with Gasteiger partial charge in [-0.3, -0.25) is 9.59 Å². The van der Waals surface area contributed by atoms with Crippen LogP contribution in [0.25, 0.3) is 0 Å². The van der Waals surface area contributed by atoms with E-state index >= 15 is 0 Å². The van der Waals surface area contributed by atoms with E-state index in [0.29, 0.717) is 18.7 Å². The van der Waals surface area contributed by atoms with Gasteiger partial charge in [0, 0.05) is 51.3 Å². The second-order valence-electron chi connectivity index (χ2n) is 8.23. The number of hydrazone groups is 1. The van der Waals surface area contributed by atoms with Gasteiger partial charge >= 0.3 is 0 Å². The molecule has 0 saturated carbocycles. The average Bonchev–Trinajstić information content (AvgIpc) is 2.81. The molecule has 8 heteroatoms. The number of anilines is 1. The van der Waals surface area contributed by atoms with Crippen LogP contribution in [0.3, 0.4) is 0 Å². The van der Waals surface area contributed by atoms with Gasteiger partial charge in [-0.25, -0.2) is 9.40 Å². The first-order chi connectivity index (χ1) is 15.5. The molecule has 0 spiro atoms. The van der Waals surface area contributed by atoms with Crippen LogP contribution >= 0.6 is 0 Å². The summed E-state index contributed by atoms with van der Waals surface area (Å²) in [6.45, 7) is 4.53. The summed E-state index contributed by atoms with van der Waals surface area (Å²) >= 11 is 0. The first kappa shape index (κ1) is 22.0. The second-order valence-corrected chi connectivity index (χ2v) is 8.23. The fraction of sp³-hybridized carbons (Fsp3) is 0.375. The molecule has 7 nitrogen and oxygen atoms in total. The van der Waals surface area contributed by atoms with Gasteiger partial charge in [0.15, 0.2) is 0 Å². The molecule has 1 saturated heterocycles. The Labute approximate surface area is 187 Å². The van der Waals surface area contributed by atoms with Crippen LogP contribution in [-0.2, 0) is 22.7 Å². The third-order valence-electron chi connectivity index (χ3n) is 5.89. The summed E-state index contributed by atoms with van der Waals surface area (Å²) in [5.74, 6) is -0.750. The molecule has 168 valence electrons. The molecule has 0 radical (unpaired) electrons. The number of carbonyl (C=O) groups excluding carboxylic acids is 2. The maximum absolute atomic E-state index is 13.1. The quantitative estimate of drug-likeness (QED) is 0.754. The van der Waals surface area contributed by atoms with E-state index in [4.69, 9.17) is 0 Å². The number of nitrogens with one attached hydrogen (secondary N) is 1. The van der Waals surface area contributed by atoms with Crippen molar-refractivity contribution in [1.29, 1.82) is 0 Å². The minimum atomic E-state index is -0.334. The maximum Gasteiger partial charge on any atom is 0.267 e. The van der Waals surface area contributed by atoms with Gasteiger partial charge in [0.2, 0.25) is 5.91 Å². The van der Waals surface area contributed by atoms with Gasteiger partial charge in [-0.2, -0.15) is 5.10 Å². The highest BCUT2D eigenvalue weighted by molar-refractivity contribution is 6.39. The molecule has 0 aromatic heterocycles. The lowest BCUT2D eigenvalue weighted by molar-refractivity contribution is -0.132. The first-order valence-corrected chi connectivity index (χ1v) is 10.9. The standard InChI is InChI=1S/C24H28FN5O2/c1-28-12-14-29(15-13-28)22-5-3-2-4-19(22)16-26-24(32)21-10-11-23(31)30(27-21)17-18-6-8-20(25)9-7-18/h2-9H,10-17H2,1H3,(H,26,32). The number of para-hydroxylation sites is 1. The van der Waals surface area contributed by atoms with E-state index in [1.165, 1.54) is 17.1 Å². The van der Waals surface area contributed by atoms with Crippen molar-refractivity contribution in [3.05, 3.63) is 65.5 Å². The molecule has 2 amide bonds. The summed E-state index contributed by atoms with van der Waals surface area (Å²) < 4.78 is 13.1. The molecule has 4 rings (SSSR count). The Morgan fingerprint density at radius 1 is 1.03 bits per heavy atom. The van der Waals surface area contributed by atoms with E-state index in [1.54, 1.807) is 12.1 Å². The fourth-order valence-electron chi connectivity index (χ4n) is 3.94. The van der Waals surface area contributed by atoms with Crippen molar-refractivity contribution in [2.24, 2.45) is 5.10 Å². The van der Waals surface area contributed by atoms with Gasteiger partial charge in [-0.05, 0) is 36.4 Å². The van der Waals surface area contributed by atoms with E-state index in [9.17, 15) is 14.0 Å². The molecule has 2 aliphatic heterocycles. The molecule has 1 N–H and O–H groups in total. The van der Waals surface area contributed by atoms with Gasteiger partial charge in [-0.15, -0.1) is 0 Å². The predicted octanol–water partition coefficient (Wildman–Crippen LogP) is 2.37. The van der Waals surface area contributed by atoms with Crippen LogP contribution in [0.15, 0.2) is 53.6 Å². The summed E-state index contributed by atoms with van der Waals surface area (Å²) in [4.78, 5) is 29.7. The molecule has 0 unspecified atom stereocenters. The molecule has 0 aliphatic carbocycles. The van der Waals surface area contributed by atoms with Crippen molar-refractivity contribution in [3.8, 4) is 0 Å². The van der Waals surface area contributed by atoms with Gasteiger partial charge < -0.3 is 15.1 Å². The second kappa shape index (κ2) is 9.91. The fourth-order valence-corrected chi connectivity index (χ4v) is 3.94. The number of hydrogen-bond donors (Lipinski definition) is 1. The third kappa shape index (κ3) is 5.31. The zero-order valence-electron chi connectivity index (χ0n) is 18.3. The summed E-state index contributed by atoms with van der Waals surface area (Å²) in [7, 11) is 2.12. The predicted molar refractivity (Wildman–Crippen MR) is 122 cm³/mol. The van der Waals surface area contributed by atoms with Gasteiger partial charge in [-0.1, -0.05) is 30.3 Å². The van der Waals surface area contributed by atoms with Crippen LogP contribution in [0.2, 0.25) is 0 Å². The van der Waals surface area contributed by atoms with Crippen molar-refractivity contribution in [2.45, 2.75) is 25.9 Å². The van der Waals surface area contributed by atoms with E-state index in [1.807, 2.05) is 18.2 Å². The Balaban J connectivity index is 1.40. The number of benzene rings is 2. The Morgan fingerprint density at radius 2 is 1.75 bits per heavy atom. The van der Waals surface area contributed by atoms with Gasteiger partial charge in [0.1, 0.15) is 11.5 Å². The van der Waals surface area contributed by atoms with Crippen LogP contribution in [-0.4, -0.2) is 60.7 Å². The van der Waals surface area contributed by atoms with Crippen molar-refractivity contribution >= 4 is 23.2 Å². The number of halogens is 1. The minimum Gasteiger partial charge on any atom is -0.369 e. The number of nitrogens with zero attached hydrogens (tertiary/aromatic N) is 4. The topological polar surface area (TPSA) is 68.2 Å². The van der Waals surface area contributed by atoms with Crippen LogP contribution in [0.5, 0.6) is 0 Å². The SMILES string of the molecule is CN1CCN(c2ccccc2CNC(=O)C2=NN(Cc3ccc(F)cc3)C(=O)CC2)CC1. The molecular formula is C24H28FN5O2. The highest BCUT2D eigenvalue weighted by Crippen LogP contribution is 2.22. The molecule has 2 aromatic carbocycles. The molecule has 2 aliphatic rings. The molecular weight excluding hydrogens is 409 g/mol. The Bertz CT molecular complexity index is 1000. The molecule has 2 aromatic rings. The number of hydrogen-bond acceptors (Lipinski definition) is 5. The normalized spacial score (nSPS) is 17.3. The van der Waals surface area contributed by atoms with Crippen molar-refractivity contribution < 1.29 is 14.0 Å². The first-order valence-electron chi connectivity index (χ1n) is 10.9. The Hall–Kier alpha value is -3.26. The summed E-state index contributed by atoms with van der Waals surface area (Å²) in [5.41, 5.74) is 3.29. The Kier molecular flexibility index (Phi) is 6.80. The van der Waals surface area contributed by atoms with Crippen LogP contribution in [0.4, 0.5) is 10.1 Å². The average molecular weight is 438 g/mol. The van der Waals surface area contributed by atoms with Gasteiger partial charge in [0.25, 0.3) is 5.91 Å². The van der Waals surface area contributed by atoms with Crippen molar-refractivity contribution in [1.82, 2.24) is 15.2 Å². The van der Waals surface area contributed by atoms with Crippen molar-refractivity contribution in [3.63, 3.8) is 0 Å². The largest absolute Gasteiger partial charge is 0.369 e. The van der Waals surface area contributed by atoms with E-state index in [-0.39, 0.29) is 30.6 Å². The third-order valence-corrected chi connectivity index (χ3v) is 5.89. The lowest BCUT2D eigenvalue weighted by atomic mass is 10.1. The molecule has 2 heterocycles. The maximum atomic E-state index is 13.1. The van der Waals surface area contributed by atoms with Crippen LogP contribution < -0.4 is 10.2 Å². The lowest BCUT2D eigenvalue weighted by Gasteiger charge is -2.35. The zero-order chi connectivity index (χ0) is 22.5. The number of rotatable bonds is 6. The van der Waals surface area contributed by atoms with E-state index in [0.717, 1.165) is 43.0 Å². The number of piperazine rings is 1. The van der Waals surface area contributed by atoms with Crippen LogP contribution in [0, 0.1) is 5.82 Å². The van der Waals surface area contributed by atoms with Crippen molar-refractivity contribution in [2.75, 3.05) is 38.1 Å².